The van der Waals surface area contributed by atoms with Gasteiger partial charge in [0.2, 0.25) is 0 Å². The summed E-state index contributed by atoms with van der Waals surface area (Å²) < 4.78 is 15.8. The van der Waals surface area contributed by atoms with Crippen LogP contribution in [0.1, 0.15) is 203 Å². The second-order valence-corrected chi connectivity index (χ2v) is 34.5. The number of ketones is 4. The fourth-order valence-corrected chi connectivity index (χ4v) is 14.2. The zero-order valence-electron chi connectivity index (χ0n) is 74.6. The summed E-state index contributed by atoms with van der Waals surface area (Å²) in [5, 5.41) is 95.3. The van der Waals surface area contributed by atoms with Gasteiger partial charge >= 0.3 is 53.7 Å². The quantitative estimate of drug-likeness (QED) is 0.0156. The van der Waals surface area contributed by atoms with Crippen molar-refractivity contribution in [3.05, 3.63) is 259 Å². The predicted molar refractivity (Wildman–Crippen MR) is 470 cm³/mol. The van der Waals surface area contributed by atoms with E-state index in [-0.39, 0.29) is 30.5 Å². The third kappa shape index (κ3) is 33.4. The minimum atomic E-state index is -2.88. The Kier molecular flexibility index (Phi) is 39.8. The smallest absolute Gasteiger partial charge is 0.336 e. The van der Waals surface area contributed by atoms with Gasteiger partial charge < -0.3 is 65.3 Å². The highest BCUT2D eigenvalue weighted by Gasteiger charge is 2.49. The first-order chi connectivity index (χ1) is 57.2. The molecule has 10 N–H and O–H groups in total. The van der Waals surface area contributed by atoms with Crippen LogP contribution in [-0.2, 0) is 76.5 Å². The molecule has 0 aliphatic heterocycles. The molecule has 26 nitrogen and oxygen atoms in total. The minimum absolute atomic E-state index is 0.0904. The first-order valence-electron chi connectivity index (χ1n) is 40.2. The molecule has 0 saturated carbocycles. The SMILES string of the molecule is CC1=C(/C=C/C(C)=C/C=C/C(C)=C/C=C/C=C(C)/C=C/C=C(C)/C=C/C2=C(C)C(=O)C(OC(=O)CC(O)(CC(=O)O)C(=O)O)CC2(C)C)C(C)(C)CC(O)C1=O.CC1=C(/C=C/C(C)=C/C=C/C(C)=C/C=C/C=C(C)/C=C/C=C(C)/C=C/C2=C(C)C(=O)C(OC(=O)CC(O)(CC(=O)O)C(=O)O)CC2(C)C)C(C)(C)CC(OC(=O)CC(O)(CC(=O)O)C(=O)O)C1=O. The molecule has 7 unspecified atom stereocenters. The van der Waals surface area contributed by atoms with Crippen molar-refractivity contribution in [2.24, 2.45) is 21.7 Å². The topological polar surface area (TPSA) is 452 Å². The zero-order valence-corrected chi connectivity index (χ0v) is 74.6. The number of carboxylic acids is 6. The molecule has 124 heavy (non-hydrogen) atoms. The van der Waals surface area contributed by atoms with Crippen LogP contribution in [0.15, 0.2) is 259 Å². The van der Waals surface area contributed by atoms with Crippen LogP contribution >= 0.6 is 0 Å². The number of Topliss-reactive ketones (excluding diaryl/α,β-unsaturated/α-hetero) is 4. The van der Waals surface area contributed by atoms with E-state index in [1.165, 1.54) is 0 Å². The molecule has 0 heterocycles. The zero-order chi connectivity index (χ0) is 94.5. The highest BCUT2D eigenvalue weighted by molar-refractivity contribution is 6.04. The molecule has 0 radical (unpaired) electrons. The van der Waals surface area contributed by atoms with Crippen LogP contribution in [0.3, 0.4) is 0 Å². The molecule has 0 aromatic heterocycles. The van der Waals surface area contributed by atoms with E-state index in [4.69, 9.17) is 29.5 Å². The summed E-state index contributed by atoms with van der Waals surface area (Å²) in [7, 11) is 0. The van der Waals surface area contributed by atoms with Crippen molar-refractivity contribution in [3.63, 3.8) is 0 Å². The highest BCUT2D eigenvalue weighted by Crippen LogP contribution is 2.45. The van der Waals surface area contributed by atoms with E-state index < -0.39 is 167 Å². The summed E-state index contributed by atoms with van der Waals surface area (Å²) in [6, 6.07) is 0. The third-order valence-corrected chi connectivity index (χ3v) is 21.2. The van der Waals surface area contributed by atoms with Gasteiger partial charge in [-0.15, -0.1) is 0 Å². The van der Waals surface area contributed by atoms with Gasteiger partial charge in [0.25, 0.3) is 0 Å². The number of hydrogen-bond donors (Lipinski definition) is 10. The second kappa shape index (κ2) is 46.5. The number of aliphatic hydroxyl groups is 4. The van der Waals surface area contributed by atoms with Gasteiger partial charge in [0.1, 0.15) is 6.10 Å². The average Bonchev–Trinajstić information content (AvgIpc) is 0.790. The van der Waals surface area contributed by atoms with E-state index in [9.17, 15) is 98.1 Å². The number of hydrogen-bond acceptors (Lipinski definition) is 20. The second-order valence-electron chi connectivity index (χ2n) is 34.5. The molecule has 0 bridgehead atoms. The molecule has 0 amide bonds. The number of carbonyl (C=O) groups excluding carboxylic acids is 7. The van der Waals surface area contributed by atoms with E-state index >= 15 is 0 Å². The lowest BCUT2D eigenvalue weighted by molar-refractivity contribution is -0.174. The van der Waals surface area contributed by atoms with Crippen LogP contribution in [0.25, 0.3) is 0 Å². The maximum Gasteiger partial charge on any atom is 0.336 e. The van der Waals surface area contributed by atoms with Crippen LogP contribution in [0.2, 0.25) is 0 Å². The molecule has 26 heteroatoms. The predicted octanol–water partition coefficient (Wildman–Crippen LogP) is 15.5. The van der Waals surface area contributed by atoms with E-state index in [2.05, 4.69) is 0 Å². The van der Waals surface area contributed by atoms with Crippen molar-refractivity contribution in [2.45, 2.75) is 244 Å². The normalized spacial score (nSPS) is 22.1. The number of aliphatic hydroxyl groups excluding tert-OH is 1. The van der Waals surface area contributed by atoms with E-state index in [1.807, 2.05) is 281 Å². The first kappa shape index (κ1) is 106. The molecule has 0 fully saturated rings. The molecular weight excluding hydrogens is 1590 g/mol. The number of rotatable bonds is 38. The molecule has 670 valence electrons. The lowest BCUT2D eigenvalue weighted by atomic mass is 9.71. The van der Waals surface area contributed by atoms with E-state index in [0.29, 0.717) is 28.7 Å². The van der Waals surface area contributed by atoms with E-state index in [1.54, 1.807) is 27.7 Å². The Morgan fingerprint density at radius 2 is 0.492 bits per heavy atom. The molecule has 7 atom stereocenters. The van der Waals surface area contributed by atoms with Crippen molar-refractivity contribution < 1.29 is 128 Å². The number of carbonyl (C=O) groups is 13. The van der Waals surface area contributed by atoms with Gasteiger partial charge in [0, 0.05) is 19.3 Å². The van der Waals surface area contributed by atoms with Crippen molar-refractivity contribution >= 4 is 76.9 Å². The monoisotopic (exact) mass is 1710 g/mol. The summed E-state index contributed by atoms with van der Waals surface area (Å²) in [6.07, 6.45) is 43.2. The Morgan fingerprint density at radius 1 is 0.306 bits per heavy atom. The van der Waals surface area contributed by atoms with Gasteiger partial charge in [-0.05, 0) is 156 Å². The molecule has 0 aromatic rings. The minimum Gasteiger partial charge on any atom is -0.481 e. The fraction of sp³-hybridized carbons (Fsp3) is 0.418. The Morgan fingerprint density at radius 3 is 0.694 bits per heavy atom. The van der Waals surface area contributed by atoms with Crippen molar-refractivity contribution in [1.82, 2.24) is 0 Å². The van der Waals surface area contributed by atoms with Crippen molar-refractivity contribution in [2.75, 3.05) is 0 Å². The largest absolute Gasteiger partial charge is 0.481 e. The van der Waals surface area contributed by atoms with Gasteiger partial charge in [-0.3, -0.25) is 47.9 Å². The number of carboxylic acid groups (broad SMARTS) is 6. The standard InChI is InChI=1S/C52H64O16.C46H58O10/c1-31(17-13-19-33(3)21-23-37-35(5)45(59)39(25-49(37,7)8)67-43(57)29-51(65,47(61)62)27-41(53)54)15-11-12-16-32(2)18-14-20-34(4)22-24-38-36(6)46(60)40(26-50(38,9)10)68-44(58)30-52(66,48(63)64)28-42(55)56;1-29(17-13-19-31(3)21-23-35-33(5)41(51)37(47)25-44(35,7)8)15-11-12-16-30(2)18-14-20-32(4)22-24-36-34(6)42(52)38(26-45(36,9)10)56-40(50)28-46(55,43(53)54)27-39(48)49/h11-24,39-40,65-66H,25-30H2,1-10H3,(H,53,54)(H,55,56)(H,61,62)(H,63,64);11-24,37-38,47,55H,25-28H2,1-10H3,(H,48,49)(H,53,54)/b12-11+,17-13+,18-14+,23-21+,24-22+,31-15+,32-16+,33-19+,34-20+;12-11+,17-13+,18-14+,23-21+,24-22+,29-15+,30-16+,31-19+,32-20+. The molecule has 4 aliphatic rings. The van der Waals surface area contributed by atoms with Gasteiger partial charge in [0.05, 0.1) is 38.5 Å². The van der Waals surface area contributed by atoms with Gasteiger partial charge in [-0.1, -0.05) is 270 Å². The van der Waals surface area contributed by atoms with Gasteiger partial charge in [0.15, 0.2) is 58.2 Å². The lowest BCUT2D eigenvalue weighted by Gasteiger charge is -2.36. The molecular formula is C98H122O26. The van der Waals surface area contributed by atoms with Crippen LogP contribution < -0.4 is 0 Å². The number of ether oxygens (including phenoxy) is 3. The Hall–Kier alpha value is -12.0. The third-order valence-electron chi connectivity index (χ3n) is 21.2. The summed E-state index contributed by atoms with van der Waals surface area (Å²) in [4.78, 5) is 157. The molecule has 4 aliphatic carbocycles. The lowest BCUT2D eigenvalue weighted by Crippen LogP contribution is -2.45. The number of esters is 3. The van der Waals surface area contributed by atoms with Crippen LogP contribution in [-0.4, -0.2) is 169 Å². The number of aliphatic carboxylic acids is 6. The maximum absolute atomic E-state index is 13.2. The molecule has 0 aromatic carbocycles. The molecule has 0 saturated heterocycles. The maximum atomic E-state index is 13.2. The van der Waals surface area contributed by atoms with Gasteiger partial charge in [-0.25, -0.2) is 14.4 Å². The molecule has 4 rings (SSSR count). The summed E-state index contributed by atoms with van der Waals surface area (Å²) in [5.74, 6) is -15.7. The summed E-state index contributed by atoms with van der Waals surface area (Å²) in [6.45, 7) is 37.6. The molecule has 0 spiro atoms. The van der Waals surface area contributed by atoms with Crippen LogP contribution in [0, 0.1) is 21.7 Å². The number of allylic oxidation sites excluding steroid dienone is 40. The van der Waals surface area contributed by atoms with Crippen LogP contribution in [0.4, 0.5) is 0 Å². The highest BCUT2D eigenvalue weighted by atomic mass is 16.6. The Balaban J connectivity index is 0.000000652. The van der Waals surface area contributed by atoms with Crippen molar-refractivity contribution in [1.29, 1.82) is 0 Å². The van der Waals surface area contributed by atoms with Gasteiger partial charge in [-0.2, -0.15) is 0 Å². The fourth-order valence-electron chi connectivity index (χ4n) is 14.2. The average molecular weight is 1720 g/mol. The van der Waals surface area contributed by atoms with Crippen LogP contribution in [0.5, 0.6) is 0 Å². The Bertz CT molecular complexity index is 4740. The van der Waals surface area contributed by atoms with E-state index in [0.717, 1.165) is 66.9 Å². The Labute approximate surface area is 725 Å². The van der Waals surface area contributed by atoms with Crippen molar-refractivity contribution in [3.8, 4) is 0 Å². The first-order valence-corrected chi connectivity index (χ1v) is 40.2. The summed E-state index contributed by atoms with van der Waals surface area (Å²) in [5.41, 5.74) is 1.96. The summed E-state index contributed by atoms with van der Waals surface area (Å²) >= 11 is 0.